The van der Waals surface area contributed by atoms with Gasteiger partial charge in [-0.25, -0.2) is 0 Å². The van der Waals surface area contributed by atoms with E-state index < -0.39 is 5.41 Å². The van der Waals surface area contributed by atoms with E-state index >= 15 is 0 Å². The van der Waals surface area contributed by atoms with Crippen LogP contribution in [0.5, 0.6) is 11.5 Å². The Balaban J connectivity index is 1.46. The summed E-state index contributed by atoms with van der Waals surface area (Å²) in [5, 5.41) is 5.62. The Morgan fingerprint density at radius 3 is 1.97 bits per heavy atom. The Labute approximate surface area is 188 Å². The fourth-order valence-corrected chi connectivity index (χ4v) is 2.71. The molecule has 0 heterocycles. The number of benzene rings is 3. The molecule has 166 valence electrons. The molecule has 2 amide bonds. The number of carbonyl (C=O) groups is 2. The van der Waals surface area contributed by atoms with Gasteiger partial charge >= 0.3 is 0 Å². The molecule has 0 aliphatic carbocycles. The van der Waals surface area contributed by atoms with Gasteiger partial charge in [-0.05, 0) is 48.0 Å². The molecule has 6 nitrogen and oxygen atoms in total. The van der Waals surface area contributed by atoms with Crippen molar-refractivity contribution in [3.8, 4) is 11.5 Å². The summed E-state index contributed by atoms with van der Waals surface area (Å²) < 4.78 is 11.3. The third-order valence-corrected chi connectivity index (χ3v) is 4.53. The number of amides is 2. The lowest BCUT2D eigenvalue weighted by atomic mass is 9.95. The molecular weight excluding hydrogens is 404 g/mol. The van der Waals surface area contributed by atoms with Crippen LogP contribution in [0.2, 0.25) is 0 Å². The summed E-state index contributed by atoms with van der Waals surface area (Å²) in [5.41, 5.74) is 1.78. The quantitative estimate of drug-likeness (QED) is 0.509. The van der Waals surface area contributed by atoms with Crippen LogP contribution in [-0.4, -0.2) is 18.4 Å². The molecule has 0 aromatic heterocycles. The second kappa shape index (κ2) is 10.5. The topological polar surface area (TPSA) is 76.7 Å². The smallest absolute Gasteiger partial charge is 0.262 e. The molecule has 0 radical (unpaired) electrons. The average molecular weight is 433 g/mol. The first kappa shape index (κ1) is 22.9. The number of hydrogen-bond acceptors (Lipinski definition) is 4. The first-order valence-corrected chi connectivity index (χ1v) is 10.4. The minimum Gasteiger partial charge on any atom is -0.489 e. The molecule has 3 rings (SSSR count). The van der Waals surface area contributed by atoms with Gasteiger partial charge in [0.1, 0.15) is 18.1 Å². The molecule has 2 N–H and O–H groups in total. The van der Waals surface area contributed by atoms with Gasteiger partial charge in [0.25, 0.3) is 5.91 Å². The molecule has 0 unspecified atom stereocenters. The molecule has 0 bridgehead atoms. The van der Waals surface area contributed by atoms with Crippen LogP contribution in [0.25, 0.3) is 0 Å². The van der Waals surface area contributed by atoms with Crippen molar-refractivity contribution in [1.82, 2.24) is 0 Å². The van der Waals surface area contributed by atoms with Gasteiger partial charge < -0.3 is 20.1 Å². The molecule has 32 heavy (non-hydrogen) atoms. The van der Waals surface area contributed by atoms with Crippen LogP contribution in [0, 0.1) is 5.41 Å². The van der Waals surface area contributed by atoms with Crippen molar-refractivity contribution in [2.45, 2.75) is 27.4 Å². The Bertz CT molecular complexity index is 1040. The van der Waals surface area contributed by atoms with Crippen molar-refractivity contribution in [2.75, 3.05) is 17.2 Å². The fourth-order valence-electron chi connectivity index (χ4n) is 2.71. The van der Waals surface area contributed by atoms with E-state index in [1.165, 1.54) is 0 Å². The Morgan fingerprint density at radius 2 is 1.34 bits per heavy atom. The molecule has 3 aromatic rings. The van der Waals surface area contributed by atoms with Gasteiger partial charge in [0, 0.05) is 16.8 Å². The maximum absolute atomic E-state index is 12.3. The van der Waals surface area contributed by atoms with Crippen LogP contribution in [0.4, 0.5) is 11.4 Å². The molecule has 0 atom stereocenters. The molecule has 0 aliphatic rings. The predicted octanol–water partition coefficient (Wildman–Crippen LogP) is 5.27. The van der Waals surface area contributed by atoms with E-state index in [0.717, 1.165) is 11.3 Å². The largest absolute Gasteiger partial charge is 0.489 e. The van der Waals surface area contributed by atoms with Crippen LogP contribution in [-0.2, 0) is 16.2 Å². The maximum Gasteiger partial charge on any atom is 0.262 e. The fraction of sp³-hybridized carbons (Fsp3) is 0.231. The summed E-state index contributed by atoms with van der Waals surface area (Å²) in [6.07, 6.45) is 0. The summed E-state index contributed by atoms with van der Waals surface area (Å²) in [5.74, 6) is 0.896. The third-order valence-electron chi connectivity index (χ3n) is 4.53. The zero-order valence-corrected chi connectivity index (χ0v) is 18.6. The maximum atomic E-state index is 12.3. The highest BCUT2D eigenvalue weighted by Crippen LogP contribution is 2.21. The zero-order valence-electron chi connectivity index (χ0n) is 18.6. The van der Waals surface area contributed by atoms with Gasteiger partial charge in [0.2, 0.25) is 5.91 Å². The summed E-state index contributed by atoms with van der Waals surface area (Å²) in [6, 6.07) is 24.0. The molecule has 0 spiro atoms. The van der Waals surface area contributed by atoms with Gasteiger partial charge in [-0.2, -0.15) is 0 Å². The minimum atomic E-state index is -0.505. The Kier molecular flexibility index (Phi) is 7.49. The first-order chi connectivity index (χ1) is 15.3. The zero-order chi connectivity index (χ0) is 23.0. The lowest BCUT2D eigenvalue weighted by Crippen LogP contribution is -2.27. The monoisotopic (exact) mass is 432 g/mol. The van der Waals surface area contributed by atoms with Crippen LogP contribution in [0.3, 0.4) is 0 Å². The molecule has 0 fully saturated rings. The van der Waals surface area contributed by atoms with Crippen LogP contribution in [0.1, 0.15) is 26.3 Å². The van der Waals surface area contributed by atoms with Crippen LogP contribution >= 0.6 is 0 Å². The highest BCUT2D eigenvalue weighted by molar-refractivity contribution is 5.96. The number of nitrogens with one attached hydrogen (secondary N) is 2. The lowest BCUT2D eigenvalue weighted by molar-refractivity contribution is -0.123. The molecule has 6 heteroatoms. The van der Waals surface area contributed by atoms with Gasteiger partial charge in [-0.3, -0.25) is 9.59 Å². The molecule has 3 aromatic carbocycles. The lowest BCUT2D eigenvalue weighted by Gasteiger charge is -2.18. The summed E-state index contributed by atoms with van der Waals surface area (Å²) >= 11 is 0. The van der Waals surface area contributed by atoms with Crippen molar-refractivity contribution in [3.63, 3.8) is 0 Å². The number of hydrogen-bond donors (Lipinski definition) is 2. The van der Waals surface area contributed by atoms with E-state index in [2.05, 4.69) is 10.6 Å². The van der Waals surface area contributed by atoms with E-state index in [4.69, 9.17) is 9.47 Å². The van der Waals surface area contributed by atoms with E-state index in [1.54, 1.807) is 48.5 Å². The van der Waals surface area contributed by atoms with Gasteiger partial charge in [-0.1, -0.05) is 57.2 Å². The van der Waals surface area contributed by atoms with Crippen LogP contribution in [0.15, 0.2) is 78.9 Å². The van der Waals surface area contributed by atoms with Crippen molar-refractivity contribution < 1.29 is 19.1 Å². The summed E-state index contributed by atoms with van der Waals surface area (Å²) in [4.78, 5) is 24.4. The number of ether oxygens (including phenoxy) is 2. The normalized spacial score (nSPS) is 10.8. The number of anilines is 2. The molecule has 0 aliphatic heterocycles. The second-order valence-corrected chi connectivity index (χ2v) is 8.37. The van der Waals surface area contributed by atoms with E-state index in [0.29, 0.717) is 23.7 Å². The highest BCUT2D eigenvalue weighted by atomic mass is 16.5. The SMILES string of the molecule is CC(C)(C)C(=O)Nc1cccc(NC(=O)COc2ccc(OCc3ccccc3)cc2)c1. The summed E-state index contributed by atoms with van der Waals surface area (Å²) in [7, 11) is 0. The predicted molar refractivity (Wildman–Crippen MR) is 126 cm³/mol. The van der Waals surface area contributed by atoms with Crippen molar-refractivity contribution >= 4 is 23.2 Å². The van der Waals surface area contributed by atoms with E-state index in [1.807, 2.05) is 51.1 Å². The number of carbonyl (C=O) groups excluding carboxylic acids is 2. The summed E-state index contributed by atoms with van der Waals surface area (Å²) in [6.45, 7) is 5.87. The van der Waals surface area contributed by atoms with Crippen molar-refractivity contribution in [1.29, 1.82) is 0 Å². The molecular formula is C26H28N2O4. The van der Waals surface area contributed by atoms with Crippen LogP contribution < -0.4 is 20.1 Å². The van der Waals surface area contributed by atoms with Gasteiger partial charge in [-0.15, -0.1) is 0 Å². The number of rotatable bonds is 8. The Hall–Kier alpha value is -3.80. The molecule has 0 saturated heterocycles. The van der Waals surface area contributed by atoms with Crippen molar-refractivity contribution in [2.24, 2.45) is 5.41 Å². The first-order valence-electron chi connectivity index (χ1n) is 10.4. The molecule has 0 saturated carbocycles. The average Bonchev–Trinajstić information content (AvgIpc) is 2.77. The highest BCUT2D eigenvalue weighted by Gasteiger charge is 2.21. The van der Waals surface area contributed by atoms with Gasteiger partial charge in [0.15, 0.2) is 6.61 Å². The second-order valence-electron chi connectivity index (χ2n) is 8.37. The third kappa shape index (κ3) is 7.16. The van der Waals surface area contributed by atoms with Crippen molar-refractivity contribution in [3.05, 3.63) is 84.4 Å². The minimum absolute atomic E-state index is 0.0968. The standard InChI is InChI=1S/C26H28N2O4/c1-26(2,3)25(30)28-21-11-7-10-20(16-21)27-24(29)18-32-23-14-12-22(13-15-23)31-17-19-8-5-4-6-9-19/h4-16H,17-18H2,1-3H3,(H,27,29)(H,28,30). The van der Waals surface area contributed by atoms with E-state index in [9.17, 15) is 9.59 Å². The van der Waals surface area contributed by atoms with Gasteiger partial charge in [0.05, 0.1) is 0 Å². The Morgan fingerprint density at radius 1 is 0.750 bits per heavy atom. The van der Waals surface area contributed by atoms with E-state index in [-0.39, 0.29) is 18.4 Å².